The van der Waals surface area contributed by atoms with Gasteiger partial charge in [-0.3, -0.25) is 20.4 Å². The highest BCUT2D eigenvalue weighted by Gasteiger charge is 2.27. The first kappa shape index (κ1) is 19.8. The van der Waals surface area contributed by atoms with Gasteiger partial charge in [0.15, 0.2) is 11.5 Å². The van der Waals surface area contributed by atoms with Crippen LogP contribution in [0.1, 0.15) is 18.4 Å². The third-order valence-corrected chi connectivity index (χ3v) is 4.30. The first-order chi connectivity index (χ1) is 13.5. The number of carbonyl (C=O) groups is 2. The van der Waals surface area contributed by atoms with E-state index in [1.165, 1.54) is 0 Å². The van der Waals surface area contributed by atoms with Crippen LogP contribution in [0.15, 0.2) is 42.5 Å². The van der Waals surface area contributed by atoms with Gasteiger partial charge < -0.3 is 14.2 Å². The number of hydrogen-bond donors (Lipinski definition) is 2. The number of aryl methyl sites for hydroxylation is 1. The maximum absolute atomic E-state index is 12.1. The molecular formula is C20H21ClN2O5. The predicted molar refractivity (Wildman–Crippen MR) is 104 cm³/mol. The smallest absolute Gasteiger partial charge is 0.283 e. The lowest BCUT2D eigenvalue weighted by molar-refractivity contribution is -0.135. The van der Waals surface area contributed by atoms with E-state index in [9.17, 15) is 9.59 Å². The number of hydrogen-bond acceptors (Lipinski definition) is 5. The Morgan fingerprint density at radius 3 is 2.75 bits per heavy atom. The molecule has 0 radical (unpaired) electrons. The number of nitrogens with one attached hydrogen (secondary N) is 2. The fourth-order valence-electron chi connectivity index (χ4n) is 2.61. The van der Waals surface area contributed by atoms with Crippen LogP contribution >= 0.6 is 11.6 Å². The van der Waals surface area contributed by atoms with E-state index in [-0.39, 0.29) is 18.9 Å². The molecule has 1 unspecified atom stereocenters. The van der Waals surface area contributed by atoms with Crippen molar-refractivity contribution in [2.24, 2.45) is 0 Å². The molecule has 3 rings (SSSR count). The fourth-order valence-corrected chi connectivity index (χ4v) is 2.84. The van der Waals surface area contributed by atoms with E-state index in [2.05, 4.69) is 10.9 Å². The summed E-state index contributed by atoms with van der Waals surface area (Å²) >= 11 is 5.90. The summed E-state index contributed by atoms with van der Waals surface area (Å²) < 4.78 is 16.7. The highest BCUT2D eigenvalue weighted by atomic mass is 35.5. The molecule has 2 aromatic rings. The Morgan fingerprint density at radius 1 is 1.18 bits per heavy atom. The second kappa shape index (κ2) is 9.32. The lowest BCUT2D eigenvalue weighted by Gasteiger charge is -2.25. The third-order valence-electron chi connectivity index (χ3n) is 4.07. The van der Waals surface area contributed by atoms with Crippen molar-refractivity contribution in [1.29, 1.82) is 0 Å². The van der Waals surface area contributed by atoms with Crippen molar-refractivity contribution >= 4 is 23.4 Å². The summed E-state index contributed by atoms with van der Waals surface area (Å²) in [6.07, 6.45) is -0.121. The Hall–Kier alpha value is -2.93. The topological polar surface area (TPSA) is 85.9 Å². The van der Waals surface area contributed by atoms with Gasteiger partial charge in [-0.1, -0.05) is 23.7 Å². The van der Waals surface area contributed by atoms with Gasteiger partial charge in [-0.2, -0.15) is 0 Å². The number of halogens is 1. The third kappa shape index (κ3) is 5.29. The number of fused-ring (bicyclic) bond motifs is 1. The maximum Gasteiger partial charge on any atom is 0.283 e. The summed E-state index contributed by atoms with van der Waals surface area (Å²) in [6, 6.07) is 12.5. The summed E-state index contributed by atoms with van der Waals surface area (Å²) in [5.41, 5.74) is 5.66. The van der Waals surface area contributed by atoms with Crippen LogP contribution in [-0.2, 0) is 9.59 Å². The van der Waals surface area contributed by atoms with Crippen molar-refractivity contribution in [2.75, 3.05) is 13.2 Å². The van der Waals surface area contributed by atoms with Crippen LogP contribution in [0.4, 0.5) is 0 Å². The number of rotatable bonds is 6. The maximum atomic E-state index is 12.1. The lowest BCUT2D eigenvalue weighted by atomic mass is 10.2. The Bertz CT molecular complexity index is 858. The molecule has 0 bridgehead atoms. The second-order valence-electron chi connectivity index (χ2n) is 6.26. The molecular weight excluding hydrogens is 384 g/mol. The molecule has 8 heteroatoms. The van der Waals surface area contributed by atoms with Crippen LogP contribution in [0.3, 0.4) is 0 Å². The van der Waals surface area contributed by atoms with Gasteiger partial charge in [0, 0.05) is 11.4 Å². The highest BCUT2D eigenvalue weighted by molar-refractivity contribution is 6.30. The van der Waals surface area contributed by atoms with Crippen LogP contribution in [0, 0.1) is 6.92 Å². The van der Waals surface area contributed by atoms with E-state index in [1.807, 2.05) is 19.1 Å². The molecule has 0 saturated heterocycles. The number of para-hydroxylation sites is 2. The average Bonchev–Trinajstić information content (AvgIpc) is 2.70. The molecule has 1 heterocycles. The SMILES string of the molecule is Cc1cc(Cl)ccc1OCCCC(=O)NNC(=O)C1COc2ccccc2O1. The molecule has 2 amide bonds. The van der Waals surface area contributed by atoms with Crippen LogP contribution in [0.2, 0.25) is 5.02 Å². The molecule has 1 aliphatic rings. The van der Waals surface area contributed by atoms with Crippen molar-refractivity contribution in [3.63, 3.8) is 0 Å². The minimum Gasteiger partial charge on any atom is -0.493 e. The summed E-state index contributed by atoms with van der Waals surface area (Å²) in [5, 5.41) is 0.649. The number of hydrazine groups is 1. The van der Waals surface area contributed by atoms with E-state index in [4.69, 9.17) is 25.8 Å². The van der Waals surface area contributed by atoms with Gasteiger partial charge >= 0.3 is 0 Å². The van der Waals surface area contributed by atoms with E-state index in [0.717, 1.165) is 11.3 Å². The number of benzene rings is 2. The summed E-state index contributed by atoms with van der Waals surface area (Å²) in [6.45, 7) is 2.35. The van der Waals surface area contributed by atoms with Crippen molar-refractivity contribution in [1.82, 2.24) is 10.9 Å². The molecule has 0 aromatic heterocycles. The summed E-state index contributed by atoms with van der Waals surface area (Å²) in [7, 11) is 0. The Balaban J connectivity index is 1.35. The zero-order chi connectivity index (χ0) is 19.9. The van der Waals surface area contributed by atoms with Gasteiger partial charge in [0.05, 0.1) is 6.61 Å². The minimum atomic E-state index is -0.827. The molecule has 0 fully saturated rings. The monoisotopic (exact) mass is 404 g/mol. The molecule has 7 nitrogen and oxygen atoms in total. The van der Waals surface area contributed by atoms with Gasteiger partial charge in [0.25, 0.3) is 5.91 Å². The molecule has 0 aliphatic carbocycles. The van der Waals surface area contributed by atoms with Gasteiger partial charge in [-0.05, 0) is 49.2 Å². The quantitative estimate of drug-likeness (QED) is 0.571. The molecule has 2 N–H and O–H groups in total. The van der Waals surface area contributed by atoms with E-state index >= 15 is 0 Å². The molecule has 0 saturated carbocycles. The zero-order valence-corrected chi connectivity index (χ0v) is 16.1. The van der Waals surface area contributed by atoms with Crippen LogP contribution in [-0.4, -0.2) is 31.1 Å². The van der Waals surface area contributed by atoms with Gasteiger partial charge in [-0.25, -0.2) is 0 Å². The van der Waals surface area contributed by atoms with Gasteiger partial charge in [-0.15, -0.1) is 0 Å². The van der Waals surface area contributed by atoms with E-state index in [1.54, 1.807) is 30.3 Å². The van der Waals surface area contributed by atoms with Crippen molar-refractivity contribution in [3.05, 3.63) is 53.1 Å². The first-order valence-electron chi connectivity index (χ1n) is 8.89. The Labute approximate surface area is 167 Å². The average molecular weight is 405 g/mol. The summed E-state index contributed by atoms with van der Waals surface area (Å²) in [5.74, 6) is 1.02. The lowest BCUT2D eigenvalue weighted by Crippen LogP contribution is -2.50. The standard InChI is InChI=1S/C20H21ClN2O5/c1-13-11-14(21)8-9-15(13)26-10-4-7-19(24)22-23-20(25)18-12-27-16-5-2-3-6-17(16)28-18/h2-3,5-6,8-9,11,18H,4,7,10,12H2,1H3,(H,22,24)(H,23,25). The molecule has 2 aromatic carbocycles. The molecule has 0 spiro atoms. The fraction of sp³-hybridized carbons (Fsp3) is 0.300. The zero-order valence-electron chi connectivity index (χ0n) is 15.4. The second-order valence-corrected chi connectivity index (χ2v) is 6.70. The molecule has 1 atom stereocenters. The van der Waals surface area contributed by atoms with Gasteiger partial charge in [0.2, 0.25) is 12.0 Å². The van der Waals surface area contributed by atoms with Crippen molar-refractivity contribution in [2.45, 2.75) is 25.9 Å². The first-order valence-corrected chi connectivity index (χ1v) is 9.27. The minimum absolute atomic E-state index is 0.0764. The Kier molecular flexibility index (Phi) is 6.60. The molecule has 1 aliphatic heterocycles. The molecule has 28 heavy (non-hydrogen) atoms. The number of ether oxygens (including phenoxy) is 3. The van der Waals surface area contributed by atoms with Crippen LogP contribution in [0.25, 0.3) is 0 Å². The normalized spacial score (nSPS) is 14.9. The summed E-state index contributed by atoms with van der Waals surface area (Å²) in [4.78, 5) is 24.0. The van der Waals surface area contributed by atoms with Crippen molar-refractivity contribution in [3.8, 4) is 17.2 Å². The van der Waals surface area contributed by atoms with E-state index < -0.39 is 12.0 Å². The van der Waals surface area contributed by atoms with Crippen molar-refractivity contribution < 1.29 is 23.8 Å². The largest absolute Gasteiger partial charge is 0.493 e. The van der Waals surface area contributed by atoms with Crippen LogP contribution < -0.4 is 25.1 Å². The predicted octanol–water partition coefficient (Wildman–Crippen LogP) is 2.79. The van der Waals surface area contributed by atoms with Gasteiger partial charge in [0.1, 0.15) is 12.4 Å². The van der Waals surface area contributed by atoms with E-state index in [0.29, 0.717) is 29.5 Å². The number of amides is 2. The Morgan fingerprint density at radius 2 is 1.96 bits per heavy atom. The molecule has 148 valence electrons. The van der Waals surface area contributed by atoms with Crippen LogP contribution in [0.5, 0.6) is 17.2 Å². The highest BCUT2D eigenvalue weighted by Crippen LogP contribution is 2.30. The number of carbonyl (C=O) groups excluding carboxylic acids is 2.